The second-order valence-corrected chi connectivity index (χ2v) is 3.57. The number of rotatable bonds is 4. The molecule has 0 aromatic heterocycles. The van der Waals surface area contributed by atoms with Crippen LogP contribution in [0.2, 0.25) is 0 Å². The van der Waals surface area contributed by atoms with Gasteiger partial charge in [0.25, 0.3) is 5.91 Å². The van der Waals surface area contributed by atoms with Crippen LogP contribution >= 0.6 is 0 Å². The molecule has 0 bridgehead atoms. The molecule has 5 N–H and O–H groups in total. The molecular weight excluding hydrogens is 206 g/mol. The summed E-state index contributed by atoms with van der Waals surface area (Å²) < 4.78 is 0. The predicted octanol–water partition coefficient (Wildman–Crippen LogP) is -0.251. The van der Waals surface area contributed by atoms with Gasteiger partial charge in [0.2, 0.25) is 0 Å². The number of amides is 1. The molecule has 0 fully saturated rings. The molecule has 0 aliphatic carbocycles. The van der Waals surface area contributed by atoms with Gasteiger partial charge in [-0.2, -0.15) is 0 Å². The van der Waals surface area contributed by atoms with E-state index >= 15 is 0 Å². The summed E-state index contributed by atoms with van der Waals surface area (Å²) >= 11 is 0. The van der Waals surface area contributed by atoms with E-state index in [1.807, 2.05) is 5.43 Å². The van der Waals surface area contributed by atoms with Crippen molar-refractivity contribution < 1.29 is 9.59 Å². The fourth-order valence-corrected chi connectivity index (χ4v) is 1.33. The highest BCUT2D eigenvalue weighted by atomic mass is 16.2. The fraction of sp³-hybridized carbons (Fsp3) is 0.273. The van der Waals surface area contributed by atoms with E-state index in [4.69, 9.17) is 11.6 Å². The number of nitrogens with two attached hydrogens (primary N) is 2. The monoisotopic (exact) mass is 221 g/mol. The molecule has 0 spiro atoms. The summed E-state index contributed by atoms with van der Waals surface area (Å²) in [7, 11) is 0. The fourth-order valence-electron chi connectivity index (χ4n) is 1.33. The largest absolute Gasteiger partial charge is 0.320 e. The summed E-state index contributed by atoms with van der Waals surface area (Å²) in [5.41, 5.74) is 9.12. The Morgan fingerprint density at radius 2 is 1.88 bits per heavy atom. The van der Waals surface area contributed by atoms with E-state index in [0.29, 0.717) is 12.0 Å². The van der Waals surface area contributed by atoms with Crippen molar-refractivity contribution in [2.45, 2.75) is 19.4 Å². The minimum Gasteiger partial charge on any atom is -0.320 e. The zero-order valence-corrected chi connectivity index (χ0v) is 9.07. The lowest BCUT2D eigenvalue weighted by Crippen LogP contribution is -2.45. The Morgan fingerprint density at radius 3 is 2.31 bits per heavy atom. The van der Waals surface area contributed by atoms with Crippen LogP contribution in [0.15, 0.2) is 24.3 Å². The van der Waals surface area contributed by atoms with Crippen LogP contribution in [-0.4, -0.2) is 17.7 Å². The van der Waals surface area contributed by atoms with Crippen molar-refractivity contribution in [2.24, 2.45) is 11.6 Å². The van der Waals surface area contributed by atoms with Gasteiger partial charge in [-0.1, -0.05) is 24.3 Å². The lowest BCUT2D eigenvalue weighted by atomic mass is 10.0. The van der Waals surface area contributed by atoms with Crippen molar-refractivity contribution >= 4 is 11.7 Å². The molecule has 16 heavy (non-hydrogen) atoms. The summed E-state index contributed by atoms with van der Waals surface area (Å²) in [4.78, 5) is 22.1. The molecule has 1 aromatic carbocycles. The zero-order valence-electron chi connectivity index (χ0n) is 9.07. The van der Waals surface area contributed by atoms with Gasteiger partial charge in [-0.15, -0.1) is 0 Å². The third kappa shape index (κ3) is 3.15. The standard InChI is InChI=1S/C11H15N3O2/c1-7(15)9-4-2-8(3-5-9)6-10(12)11(16)14-13/h2-5,10H,6,12-13H2,1H3,(H,14,16)/t10-/m0/s1. The highest BCUT2D eigenvalue weighted by molar-refractivity contribution is 5.94. The highest BCUT2D eigenvalue weighted by Crippen LogP contribution is 2.07. The normalized spacial score (nSPS) is 11.9. The minimum absolute atomic E-state index is 0.00977. The molecule has 0 saturated heterocycles. The number of carbonyl (C=O) groups is 2. The van der Waals surface area contributed by atoms with E-state index in [-0.39, 0.29) is 5.78 Å². The summed E-state index contributed by atoms with van der Waals surface area (Å²) in [5.74, 6) is 4.57. The molecule has 0 unspecified atom stereocenters. The first-order valence-electron chi connectivity index (χ1n) is 4.90. The van der Waals surface area contributed by atoms with Crippen molar-refractivity contribution in [1.82, 2.24) is 5.43 Å². The van der Waals surface area contributed by atoms with Crippen molar-refractivity contribution in [3.63, 3.8) is 0 Å². The van der Waals surface area contributed by atoms with Gasteiger partial charge >= 0.3 is 0 Å². The summed E-state index contributed by atoms with van der Waals surface area (Å²) in [5, 5.41) is 0. The van der Waals surface area contributed by atoms with Crippen LogP contribution in [0.3, 0.4) is 0 Å². The Bertz CT molecular complexity index is 387. The Morgan fingerprint density at radius 1 is 1.31 bits per heavy atom. The summed E-state index contributed by atoms with van der Waals surface area (Å²) in [6.45, 7) is 1.50. The van der Waals surface area contributed by atoms with E-state index < -0.39 is 11.9 Å². The number of nitrogens with one attached hydrogen (secondary N) is 1. The molecule has 1 amide bonds. The number of hydrazine groups is 1. The van der Waals surface area contributed by atoms with Gasteiger partial charge in [-0.25, -0.2) is 5.84 Å². The summed E-state index contributed by atoms with van der Waals surface area (Å²) in [6.07, 6.45) is 0.390. The van der Waals surface area contributed by atoms with Crippen LogP contribution in [0.5, 0.6) is 0 Å². The van der Waals surface area contributed by atoms with Crippen LogP contribution in [0.1, 0.15) is 22.8 Å². The Labute approximate surface area is 93.8 Å². The predicted molar refractivity (Wildman–Crippen MR) is 60.5 cm³/mol. The van der Waals surface area contributed by atoms with Gasteiger partial charge in [-0.3, -0.25) is 15.0 Å². The maximum Gasteiger partial charge on any atom is 0.251 e. The minimum atomic E-state index is -0.673. The SMILES string of the molecule is CC(=O)c1ccc(C[C@H](N)C(=O)NN)cc1. The first-order valence-corrected chi connectivity index (χ1v) is 4.90. The molecular formula is C11H15N3O2. The molecule has 0 saturated carbocycles. The zero-order chi connectivity index (χ0) is 12.1. The topological polar surface area (TPSA) is 98.2 Å². The summed E-state index contributed by atoms with van der Waals surface area (Å²) in [6, 6.07) is 6.31. The van der Waals surface area contributed by atoms with E-state index in [0.717, 1.165) is 5.56 Å². The molecule has 5 nitrogen and oxygen atoms in total. The lowest BCUT2D eigenvalue weighted by molar-refractivity contribution is -0.122. The second kappa shape index (κ2) is 5.39. The van der Waals surface area contributed by atoms with Crippen LogP contribution in [-0.2, 0) is 11.2 Å². The average Bonchev–Trinajstić information content (AvgIpc) is 2.28. The quantitative estimate of drug-likeness (QED) is 0.282. The van der Waals surface area contributed by atoms with E-state index in [1.165, 1.54) is 6.92 Å². The third-order valence-electron chi connectivity index (χ3n) is 2.30. The smallest absolute Gasteiger partial charge is 0.251 e. The van der Waals surface area contributed by atoms with Crippen molar-refractivity contribution in [1.29, 1.82) is 0 Å². The maximum absolute atomic E-state index is 11.1. The first kappa shape index (κ1) is 12.4. The molecule has 0 aliphatic rings. The molecule has 5 heteroatoms. The first-order chi connectivity index (χ1) is 7.54. The van der Waals surface area contributed by atoms with Crippen molar-refractivity contribution in [3.05, 3.63) is 35.4 Å². The number of hydrogen-bond acceptors (Lipinski definition) is 4. The molecule has 1 rings (SSSR count). The number of ketones is 1. The van der Waals surface area contributed by atoms with Gasteiger partial charge in [0.15, 0.2) is 5.78 Å². The Kier molecular flexibility index (Phi) is 4.16. The van der Waals surface area contributed by atoms with E-state index in [2.05, 4.69) is 0 Å². The maximum atomic E-state index is 11.1. The van der Waals surface area contributed by atoms with Gasteiger partial charge in [-0.05, 0) is 18.9 Å². The van der Waals surface area contributed by atoms with E-state index in [9.17, 15) is 9.59 Å². The Balaban J connectivity index is 2.68. The molecule has 1 aromatic rings. The number of benzene rings is 1. The van der Waals surface area contributed by atoms with Crippen LogP contribution in [0, 0.1) is 0 Å². The lowest BCUT2D eigenvalue weighted by Gasteiger charge is -2.09. The van der Waals surface area contributed by atoms with Gasteiger partial charge in [0.1, 0.15) is 0 Å². The molecule has 1 atom stereocenters. The number of carbonyl (C=O) groups excluding carboxylic acids is 2. The van der Waals surface area contributed by atoms with Gasteiger partial charge < -0.3 is 5.73 Å². The highest BCUT2D eigenvalue weighted by Gasteiger charge is 2.12. The third-order valence-corrected chi connectivity index (χ3v) is 2.30. The van der Waals surface area contributed by atoms with Gasteiger partial charge in [0.05, 0.1) is 6.04 Å². The number of Topliss-reactive ketones (excluding diaryl/α,β-unsaturated/α-hetero) is 1. The second-order valence-electron chi connectivity index (χ2n) is 3.57. The number of hydrogen-bond donors (Lipinski definition) is 3. The van der Waals surface area contributed by atoms with E-state index in [1.54, 1.807) is 24.3 Å². The van der Waals surface area contributed by atoms with Gasteiger partial charge in [0, 0.05) is 5.56 Å². The van der Waals surface area contributed by atoms with Crippen LogP contribution in [0.4, 0.5) is 0 Å². The van der Waals surface area contributed by atoms with Crippen LogP contribution in [0.25, 0.3) is 0 Å². The van der Waals surface area contributed by atoms with Crippen LogP contribution < -0.4 is 17.0 Å². The molecule has 0 heterocycles. The molecule has 86 valence electrons. The molecule has 0 aliphatic heterocycles. The average molecular weight is 221 g/mol. The van der Waals surface area contributed by atoms with Crippen molar-refractivity contribution in [2.75, 3.05) is 0 Å². The van der Waals surface area contributed by atoms with Crippen molar-refractivity contribution in [3.8, 4) is 0 Å². The Hall–Kier alpha value is -1.72. The molecule has 0 radical (unpaired) electrons.